The maximum absolute atomic E-state index is 14.9. The van der Waals surface area contributed by atoms with Crippen molar-refractivity contribution in [2.75, 3.05) is 6.61 Å². The van der Waals surface area contributed by atoms with Crippen molar-refractivity contribution in [2.45, 2.75) is 58.8 Å². The Labute approximate surface area is 215 Å². The van der Waals surface area contributed by atoms with Crippen LogP contribution in [0.15, 0.2) is 48.5 Å². The summed E-state index contributed by atoms with van der Waals surface area (Å²) in [6.45, 7) is 3.79. The fourth-order valence-corrected chi connectivity index (χ4v) is 4.77. The Hall–Kier alpha value is -3.15. The molecule has 3 aromatic carbocycles. The number of rotatable bonds is 9. The molecule has 0 heterocycles. The van der Waals surface area contributed by atoms with Gasteiger partial charge in [0, 0.05) is 16.7 Å². The fraction of sp³-hybridized carbons (Fsp3) is 0.355. The van der Waals surface area contributed by atoms with Gasteiger partial charge in [0.15, 0.2) is 23.2 Å². The van der Waals surface area contributed by atoms with E-state index in [1.165, 1.54) is 31.2 Å². The third-order valence-corrected chi connectivity index (χ3v) is 7.11. The Bertz CT molecular complexity index is 1300. The van der Waals surface area contributed by atoms with Gasteiger partial charge < -0.3 is 4.74 Å². The number of hydrogen-bond acceptors (Lipinski definition) is 1. The van der Waals surface area contributed by atoms with Crippen LogP contribution in [0.1, 0.15) is 62.1 Å². The molecule has 0 bridgehead atoms. The van der Waals surface area contributed by atoms with Crippen molar-refractivity contribution in [2.24, 2.45) is 5.92 Å². The third-order valence-electron chi connectivity index (χ3n) is 7.11. The molecule has 0 radical (unpaired) electrons. The van der Waals surface area contributed by atoms with Gasteiger partial charge in [0.2, 0.25) is 5.82 Å². The zero-order valence-electron chi connectivity index (χ0n) is 21.2. The lowest BCUT2D eigenvalue weighted by Crippen LogP contribution is -2.08. The minimum absolute atomic E-state index is 0.00198. The molecule has 0 amide bonds. The van der Waals surface area contributed by atoms with Crippen molar-refractivity contribution >= 4 is 5.57 Å². The van der Waals surface area contributed by atoms with Gasteiger partial charge >= 0.3 is 0 Å². The molecule has 0 saturated heterocycles. The number of allylic oxidation sites excluding steroid dienone is 2. The fourth-order valence-electron chi connectivity index (χ4n) is 4.77. The molecule has 4 rings (SSSR count). The first-order valence-electron chi connectivity index (χ1n) is 12.8. The molecular formula is C31H31F5O. The van der Waals surface area contributed by atoms with Crippen LogP contribution in [0.2, 0.25) is 0 Å². The van der Waals surface area contributed by atoms with Gasteiger partial charge in [-0.3, -0.25) is 0 Å². The van der Waals surface area contributed by atoms with Crippen molar-refractivity contribution in [1.82, 2.24) is 0 Å². The smallest absolute Gasteiger partial charge is 0.201 e. The van der Waals surface area contributed by atoms with Crippen LogP contribution in [0.3, 0.4) is 0 Å². The average molecular weight is 515 g/mol. The molecule has 0 aromatic heterocycles. The molecule has 3 aromatic rings. The number of aryl methyl sites for hydroxylation is 2. The monoisotopic (exact) mass is 514 g/mol. The molecule has 1 atom stereocenters. The molecule has 1 aliphatic rings. The maximum atomic E-state index is 14.9. The van der Waals surface area contributed by atoms with Crippen molar-refractivity contribution in [1.29, 1.82) is 0 Å². The largest absolute Gasteiger partial charge is 0.490 e. The van der Waals surface area contributed by atoms with E-state index >= 15 is 0 Å². The number of halogens is 5. The van der Waals surface area contributed by atoms with E-state index in [1.54, 1.807) is 18.2 Å². The van der Waals surface area contributed by atoms with E-state index in [4.69, 9.17) is 4.74 Å². The topological polar surface area (TPSA) is 9.23 Å². The van der Waals surface area contributed by atoms with E-state index in [0.717, 1.165) is 43.2 Å². The highest BCUT2D eigenvalue weighted by molar-refractivity contribution is 5.67. The molecule has 1 nitrogen and oxygen atoms in total. The van der Waals surface area contributed by atoms with Crippen LogP contribution in [0.5, 0.6) is 5.75 Å². The van der Waals surface area contributed by atoms with Crippen LogP contribution < -0.4 is 4.74 Å². The molecule has 0 aliphatic heterocycles. The molecule has 196 valence electrons. The Balaban J connectivity index is 1.39. The summed E-state index contributed by atoms with van der Waals surface area (Å²) < 4.78 is 77.6. The van der Waals surface area contributed by atoms with Crippen molar-refractivity contribution in [3.63, 3.8) is 0 Å². The summed E-state index contributed by atoms with van der Waals surface area (Å²) in [6.07, 6.45) is 7.22. The van der Waals surface area contributed by atoms with Gasteiger partial charge in [0.05, 0.1) is 6.61 Å². The molecule has 37 heavy (non-hydrogen) atoms. The zero-order chi connectivity index (χ0) is 26.5. The maximum Gasteiger partial charge on any atom is 0.201 e. The van der Waals surface area contributed by atoms with E-state index in [0.29, 0.717) is 24.3 Å². The summed E-state index contributed by atoms with van der Waals surface area (Å²) >= 11 is 0. The first-order chi connectivity index (χ1) is 17.8. The van der Waals surface area contributed by atoms with Gasteiger partial charge in [0.25, 0.3) is 0 Å². The Morgan fingerprint density at radius 3 is 2.27 bits per heavy atom. The Kier molecular flexibility index (Phi) is 8.67. The highest BCUT2D eigenvalue weighted by atomic mass is 19.2. The highest BCUT2D eigenvalue weighted by Crippen LogP contribution is 2.35. The van der Waals surface area contributed by atoms with Crippen LogP contribution in [0.25, 0.3) is 16.7 Å². The zero-order valence-corrected chi connectivity index (χ0v) is 21.2. The van der Waals surface area contributed by atoms with Crippen LogP contribution >= 0.6 is 0 Å². The molecule has 0 spiro atoms. The lowest BCUT2D eigenvalue weighted by molar-refractivity contribution is 0.289. The van der Waals surface area contributed by atoms with E-state index in [2.05, 4.69) is 0 Å². The van der Waals surface area contributed by atoms with Crippen LogP contribution in [0, 0.1) is 41.9 Å². The van der Waals surface area contributed by atoms with Gasteiger partial charge in [-0.2, -0.15) is 4.39 Å². The quantitative estimate of drug-likeness (QED) is 0.204. The van der Waals surface area contributed by atoms with E-state index in [-0.39, 0.29) is 29.0 Å². The second-order valence-corrected chi connectivity index (χ2v) is 9.72. The first kappa shape index (κ1) is 26.9. The molecule has 0 fully saturated rings. The normalized spacial score (nSPS) is 15.5. The van der Waals surface area contributed by atoms with E-state index in [9.17, 15) is 22.0 Å². The van der Waals surface area contributed by atoms with Gasteiger partial charge in [0.1, 0.15) is 5.82 Å². The van der Waals surface area contributed by atoms with Crippen LogP contribution in [-0.2, 0) is 6.42 Å². The number of unbranched alkanes of at least 4 members (excludes halogenated alkanes) is 1. The molecule has 0 N–H and O–H groups in total. The molecule has 0 saturated carbocycles. The third kappa shape index (κ3) is 6.06. The van der Waals surface area contributed by atoms with Gasteiger partial charge in [-0.25, -0.2) is 17.6 Å². The van der Waals surface area contributed by atoms with Gasteiger partial charge in [-0.15, -0.1) is 0 Å². The van der Waals surface area contributed by atoms with Crippen molar-refractivity contribution in [3.8, 4) is 16.9 Å². The number of benzene rings is 3. The SMILES string of the molecule is CCCCOc1ccc(-c2ccc(CCC3CC=C(c4ccc(C)c(F)c4F)CC3)cc2F)c(F)c1F. The van der Waals surface area contributed by atoms with Crippen LogP contribution in [-0.4, -0.2) is 6.61 Å². The summed E-state index contributed by atoms with van der Waals surface area (Å²) in [7, 11) is 0. The van der Waals surface area contributed by atoms with Crippen molar-refractivity contribution < 1.29 is 26.7 Å². The summed E-state index contributed by atoms with van der Waals surface area (Å²) in [4.78, 5) is 0. The highest BCUT2D eigenvalue weighted by Gasteiger charge is 2.21. The van der Waals surface area contributed by atoms with Crippen molar-refractivity contribution in [3.05, 3.63) is 94.3 Å². The van der Waals surface area contributed by atoms with E-state index in [1.807, 2.05) is 13.0 Å². The van der Waals surface area contributed by atoms with Gasteiger partial charge in [-0.05, 0) is 86.3 Å². The van der Waals surface area contributed by atoms with Gasteiger partial charge in [-0.1, -0.05) is 43.7 Å². The number of hydrogen-bond donors (Lipinski definition) is 0. The predicted octanol–water partition coefficient (Wildman–Crippen LogP) is 9.35. The van der Waals surface area contributed by atoms with Crippen LogP contribution in [0.4, 0.5) is 22.0 Å². The number of ether oxygens (including phenoxy) is 1. The molecule has 1 unspecified atom stereocenters. The first-order valence-corrected chi connectivity index (χ1v) is 12.8. The lowest BCUT2D eigenvalue weighted by Gasteiger charge is -2.22. The predicted molar refractivity (Wildman–Crippen MR) is 137 cm³/mol. The summed E-state index contributed by atoms with van der Waals surface area (Å²) in [6, 6.07) is 10.5. The van der Waals surface area contributed by atoms with E-state index < -0.39 is 29.1 Å². The summed E-state index contributed by atoms with van der Waals surface area (Å²) in [5, 5.41) is 0. The average Bonchev–Trinajstić information content (AvgIpc) is 2.90. The second kappa shape index (κ2) is 11.9. The standard InChI is InChI=1S/C31H31F5O/c1-3-4-17-37-27-16-15-25(30(35)31(27)36)24-14-10-21(18-26(24)32)7-6-20-8-11-22(12-9-20)23-13-5-19(2)28(33)29(23)34/h5,10-11,13-16,18,20H,3-4,6-9,12,17H2,1-2H3. The molecule has 6 heteroatoms. The lowest BCUT2D eigenvalue weighted by atomic mass is 9.83. The molecule has 1 aliphatic carbocycles. The summed E-state index contributed by atoms with van der Waals surface area (Å²) in [5.74, 6) is -4.29. The minimum Gasteiger partial charge on any atom is -0.490 e. The Morgan fingerprint density at radius 1 is 0.838 bits per heavy atom. The Morgan fingerprint density at radius 2 is 1.57 bits per heavy atom. The second-order valence-electron chi connectivity index (χ2n) is 9.72. The molecular weight excluding hydrogens is 483 g/mol. The summed E-state index contributed by atoms with van der Waals surface area (Å²) in [5.41, 5.74) is 2.05. The minimum atomic E-state index is -1.13.